The van der Waals surface area contributed by atoms with Gasteiger partial charge < -0.3 is 14.1 Å². The van der Waals surface area contributed by atoms with E-state index in [1.54, 1.807) is 30.2 Å². The lowest BCUT2D eigenvalue weighted by Crippen LogP contribution is -2.24. The first-order chi connectivity index (χ1) is 15.3. The molecule has 0 aliphatic carbocycles. The van der Waals surface area contributed by atoms with E-state index in [9.17, 15) is 13.2 Å². The molecule has 164 valence electrons. The highest BCUT2D eigenvalue weighted by atomic mass is 32.2. The second kappa shape index (κ2) is 7.56. The van der Waals surface area contributed by atoms with E-state index in [1.807, 2.05) is 42.5 Å². The number of nitrogens with zero attached hydrogens (tertiary/aromatic N) is 1. The summed E-state index contributed by atoms with van der Waals surface area (Å²) >= 11 is 0. The Morgan fingerprint density at radius 3 is 2.69 bits per heavy atom. The number of para-hydroxylation sites is 1. The summed E-state index contributed by atoms with van der Waals surface area (Å²) in [6, 6.07) is 18.6. The van der Waals surface area contributed by atoms with Crippen LogP contribution in [0.15, 0.2) is 65.1 Å². The fourth-order valence-electron chi connectivity index (χ4n) is 4.45. The molecule has 5 rings (SSSR count). The Hall–Kier alpha value is -3.52. The normalized spacial score (nSPS) is 16.8. The summed E-state index contributed by atoms with van der Waals surface area (Å²) < 4.78 is 37.2. The summed E-state index contributed by atoms with van der Waals surface area (Å²) in [5, 5.41) is 1.95. The lowest BCUT2D eigenvalue weighted by atomic mass is 9.93. The van der Waals surface area contributed by atoms with Crippen molar-refractivity contribution in [3.05, 3.63) is 66.2 Å². The molecule has 1 saturated heterocycles. The molecule has 7 nitrogen and oxygen atoms in total. The van der Waals surface area contributed by atoms with Crippen molar-refractivity contribution in [2.45, 2.75) is 12.3 Å². The van der Waals surface area contributed by atoms with Gasteiger partial charge in [-0.05, 0) is 35.9 Å². The second-order valence-corrected chi connectivity index (χ2v) is 9.74. The molecule has 8 heteroatoms. The zero-order valence-corrected chi connectivity index (χ0v) is 18.5. The number of carbonyl (C=O) groups excluding carboxylic acids is 1. The highest BCUT2D eigenvalue weighted by Crippen LogP contribution is 2.42. The van der Waals surface area contributed by atoms with Crippen LogP contribution in [0.1, 0.15) is 17.9 Å². The van der Waals surface area contributed by atoms with Gasteiger partial charge in [0, 0.05) is 35.3 Å². The molecule has 1 atom stereocenters. The van der Waals surface area contributed by atoms with Crippen molar-refractivity contribution in [2.24, 2.45) is 0 Å². The van der Waals surface area contributed by atoms with Crippen LogP contribution in [0.3, 0.4) is 0 Å². The lowest BCUT2D eigenvalue weighted by Gasteiger charge is -2.18. The molecule has 2 heterocycles. The van der Waals surface area contributed by atoms with E-state index in [2.05, 4.69) is 4.72 Å². The third-order valence-electron chi connectivity index (χ3n) is 5.77. The Morgan fingerprint density at radius 2 is 1.91 bits per heavy atom. The highest BCUT2D eigenvalue weighted by Gasteiger charge is 2.34. The van der Waals surface area contributed by atoms with Crippen LogP contribution in [-0.4, -0.2) is 34.2 Å². The van der Waals surface area contributed by atoms with Gasteiger partial charge in [0.2, 0.25) is 15.9 Å². The molecule has 0 spiro atoms. The van der Waals surface area contributed by atoms with Crippen LogP contribution in [0, 0.1) is 0 Å². The summed E-state index contributed by atoms with van der Waals surface area (Å²) in [6.07, 6.45) is 1.45. The maximum absolute atomic E-state index is 13.0. The van der Waals surface area contributed by atoms with E-state index in [4.69, 9.17) is 9.15 Å². The lowest BCUT2D eigenvalue weighted by molar-refractivity contribution is -0.117. The van der Waals surface area contributed by atoms with Gasteiger partial charge in [-0.1, -0.05) is 30.3 Å². The summed E-state index contributed by atoms with van der Waals surface area (Å²) in [5.41, 5.74) is 3.57. The Balaban J connectivity index is 1.54. The molecule has 1 N–H and O–H groups in total. The fraction of sp³-hybridized carbons (Fsp3) is 0.208. The monoisotopic (exact) mass is 450 g/mol. The minimum atomic E-state index is -3.41. The Morgan fingerprint density at radius 1 is 1.09 bits per heavy atom. The number of nitrogens with one attached hydrogen (secondary N) is 1. The largest absolute Gasteiger partial charge is 0.493 e. The third kappa shape index (κ3) is 3.56. The van der Waals surface area contributed by atoms with Gasteiger partial charge in [0.05, 0.1) is 19.1 Å². The molecule has 3 aromatic carbocycles. The molecule has 0 radical (unpaired) electrons. The highest BCUT2D eigenvalue weighted by molar-refractivity contribution is 7.92. The van der Waals surface area contributed by atoms with Crippen LogP contribution in [0.2, 0.25) is 0 Å². The molecule has 1 fully saturated rings. The van der Waals surface area contributed by atoms with E-state index >= 15 is 0 Å². The Bertz CT molecular complexity index is 1460. The molecular weight excluding hydrogens is 428 g/mol. The summed E-state index contributed by atoms with van der Waals surface area (Å²) in [6.45, 7) is 0.488. The molecule has 0 saturated carbocycles. The van der Waals surface area contributed by atoms with Gasteiger partial charge in [0.25, 0.3) is 0 Å². The van der Waals surface area contributed by atoms with Gasteiger partial charge in [-0.2, -0.15) is 0 Å². The average molecular weight is 451 g/mol. The smallest absolute Gasteiger partial charge is 0.229 e. The van der Waals surface area contributed by atoms with E-state index in [0.29, 0.717) is 35.7 Å². The molecule has 32 heavy (non-hydrogen) atoms. The van der Waals surface area contributed by atoms with Crippen molar-refractivity contribution in [2.75, 3.05) is 29.5 Å². The zero-order chi connectivity index (χ0) is 22.5. The van der Waals surface area contributed by atoms with Gasteiger partial charge in [-0.3, -0.25) is 9.52 Å². The number of amides is 1. The maximum atomic E-state index is 13.0. The van der Waals surface area contributed by atoms with Gasteiger partial charge in [0.1, 0.15) is 5.58 Å². The molecule has 4 aromatic rings. The number of carbonyl (C=O) groups is 1. The van der Waals surface area contributed by atoms with Crippen LogP contribution in [-0.2, 0) is 14.8 Å². The number of benzene rings is 3. The third-order valence-corrected chi connectivity index (χ3v) is 6.37. The van der Waals surface area contributed by atoms with Crippen molar-refractivity contribution in [1.29, 1.82) is 0 Å². The first kappa shape index (κ1) is 20.4. The minimum absolute atomic E-state index is 0.0109. The SMILES string of the molecule is COc1ccc(C2CC(=O)N(c3cccc(NS(C)(=O)=O)c3)C2)c2c1oc1ccccc12. The van der Waals surface area contributed by atoms with Crippen molar-refractivity contribution >= 4 is 49.2 Å². The number of hydrogen-bond donors (Lipinski definition) is 1. The van der Waals surface area contributed by atoms with Gasteiger partial charge in [-0.25, -0.2) is 8.42 Å². The van der Waals surface area contributed by atoms with Crippen LogP contribution in [0.5, 0.6) is 5.75 Å². The number of sulfonamides is 1. The van der Waals surface area contributed by atoms with E-state index in [1.165, 1.54) is 0 Å². The maximum Gasteiger partial charge on any atom is 0.229 e. The second-order valence-electron chi connectivity index (χ2n) is 7.99. The van der Waals surface area contributed by atoms with Crippen LogP contribution in [0.4, 0.5) is 11.4 Å². The molecule has 0 bridgehead atoms. The first-order valence-corrected chi connectivity index (χ1v) is 12.1. The van der Waals surface area contributed by atoms with Crippen LogP contribution < -0.4 is 14.4 Å². The standard InChI is InChI=1S/C24H22N2O5S/c1-30-21-11-10-18(23-19-8-3-4-9-20(19)31-24(21)23)15-12-22(27)26(14-15)17-7-5-6-16(13-17)25-32(2,28)29/h3-11,13,15,25H,12,14H2,1-2H3. The number of anilines is 2. The van der Waals surface area contributed by atoms with Crippen molar-refractivity contribution < 1.29 is 22.4 Å². The van der Waals surface area contributed by atoms with Crippen molar-refractivity contribution in [1.82, 2.24) is 0 Å². The molecule has 1 aliphatic heterocycles. The zero-order valence-electron chi connectivity index (χ0n) is 17.7. The van der Waals surface area contributed by atoms with Crippen molar-refractivity contribution in [3.8, 4) is 5.75 Å². The quantitative estimate of drug-likeness (QED) is 0.484. The van der Waals surface area contributed by atoms with Gasteiger partial charge >= 0.3 is 0 Å². The summed E-state index contributed by atoms with van der Waals surface area (Å²) in [4.78, 5) is 14.7. The number of methoxy groups -OCH3 is 1. The molecule has 1 aromatic heterocycles. The summed E-state index contributed by atoms with van der Waals surface area (Å²) in [5.74, 6) is 0.604. The molecule has 1 unspecified atom stereocenters. The van der Waals surface area contributed by atoms with Crippen LogP contribution >= 0.6 is 0 Å². The Labute approximate surface area is 185 Å². The molecular formula is C24H22N2O5S. The van der Waals surface area contributed by atoms with Gasteiger partial charge in [-0.15, -0.1) is 0 Å². The number of fused-ring (bicyclic) bond motifs is 3. The topological polar surface area (TPSA) is 88.9 Å². The van der Waals surface area contributed by atoms with E-state index in [-0.39, 0.29) is 11.8 Å². The van der Waals surface area contributed by atoms with E-state index < -0.39 is 10.0 Å². The number of hydrogen-bond acceptors (Lipinski definition) is 5. The van der Waals surface area contributed by atoms with Crippen LogP contribution in [0.25, 0.3) is 21.9 Å². The summed E-state index contributed by atoms with van der Waals surface area (Å²) in [7, 11) is -1.79. The average Bonchev–Trinajstić information content (AvgIpc) is 3.33. The predicted octanol–water partition coefficient (Wildman–Crippen LogP) is 4.49. The fourth-order valence-corrected chi connectivity index (χ4v) is 5.00. The Kier molecular flexibility index (Phi) is 4.82. The molecule has 1 amide bonds. The number of ether oxygens (including phenoxy) is 1. The van der Waals surface area contributed by atoms with E-state index in [0.717, 1.165) is 28.2 Å². The minimum Gasteiger partial charge on any atom is -0.493 e. The number of furan rings is 1. The number of rotatable bonds is 5. The predicted molar refractivity (Wildman–Crippen MR) is 125 cm³/mol. The van der Waals surface area contributed by atoms with Crippen molar-refractivity contribution in [3.63, 3.8) is 0 Å². The first-order valence-electron chi connectivity index (χ1n) is 10.2. The van der Waals surface area contributed by atoms with Gasteiger partial charge in [0.15, 0.2) is 11.3 Å². The molecule has 1 aliphatic rings.